The van der Waals surface area contributed by atoms with Gasteiger partial charge < -0.3 is 14.7 Å². The van der Waals surface area contributed by atoms with Crippen molar-refractivity contribution in [3.63, 3.8) is 0 Å². The lowest BCUT2D eigenvalue weighted by atomic mass is 10.0. The fourth-order valence-corrected chi connectivity index (χ4v) is 3.17. The molecule has 1 fully saturated rings. The van der Waals surface area contributed by atoms with E-state index in [4.69, 9.17) is 4.74 Å². The van der Waals surface area contributed by atoms with Crippen molar-refractivity contribution < 1.29 is 14.6 Å². The number of amides is 1. The van der Waals surface area contributed by atoms with E-state index in [-0.39, 0.29) is 17.5 Å². The van der Waals surface area contributed by atoms with Crippen molar-refractivity contribution in [1.82, 2.24) is 14.7 Å². The molecule has 6 nitrogen and oxygen atoms in total. The van der Waals surface area contributed by atoms with Gasteiger partial charge in [-0.15, -0.1) is 0 Å². The Kier molecular flexibility index (Phi) is 4.56. The van der Waals surface area contributed by atoms with Crippen LogP contribution in [0.4, 0.5) is 0 Å². The van der Waals surface area contributed by atoms with Crippen LogP contribution in [-0.2, 0) is 5.54 Å². The molecule has 0 saturated carbocycles. The van der Waals surface area contributed by atoms with Crippen LogP contribution in [0.2, 0.25) is 0 Å². The molecule has 134 valence electrons. The highest BCUT2D eigenvalue weighted by Gasteiger charge is 2.36. The molecule has 0 unspecified atom stereocenters. The molecule has 1 saturated heterocycles. The van der Waals surface area contributed by atoms with Gasteiger partial charge in [-0.3, -0.25) is 9.48 Å². The second kappa shape index (κ2) is 6.52. The number of carbonyl (C=O) groups excluding carboxylic acids is 1. The molecule has 0 aliphatic carbocycles. The van der Waals surface area contributed by atoms with Crippen molar-refractivity contribution in [3.8, 4) is 5.75 Å². The average molecular weight is 343 g/mol. The summed E-state index contributed by atoms with van der Waals surface area (Å²) in [4.78, 5) is 14.7. The zero-order valence-electron chi connectivity index (χ0n) is 15.1. The van der Waals surface area contributed by atoms with Crippen molar-refractivity contribution >= 4 is 5.91 Å². The number of ether oxygens (including phenoxy) is 1. The van der Waals surface area contributed by atoms with Crippen molar-refractivity contribution in [2.75, 3.05) is 13.7 Å². The largest absolute Gasteiger partial charge is 0.497 e. The number of aromatic nitrogens is 2. The van der Waals surface area contributed by atoms with E-state index in [0.717, 1.165) is 11.3 Å². The Morgan fingerprint density at radius 2 is 2.12 bits per heavy atom. The third-order valence-electron chi connectivity index (χ3n) is 4.54. The maximum absolute atomic E-state index is 13.0. The summed E-state index contributed by atoms with van der Waals surface area (Å²) in [6.45, 7) is 6.42. The molecule has 6 heteroatoms. The minimum Gasteiger partial charge on any atom is -0.497 e. The molecule has 25 heavy (non-hydrogen) atoms. The summed E-state index contributed by atoms with van der Waals surface area (Å²) in [6.07, 6.45) is 3.36. The van der Waals surface area contributed by atoms with Crippen molar-refractivity contribution in [2.45, 2.75) is 44.9 Å². The summed E-state index contributed by atoms with van der Waals surface area (Å²) in [6, 6.07) is 7.48. The van der Waals surface area contributed by atoms with Gasteiger partial charge in [-0.2, -0.15) is 5.10 Å². The van der Waals surface area contributed by atoms with Crippen molar-refractivity contribution in [2.24, 2.45) is 0 Å². The van der Waals surface area contributed by atoms with Gasteiger partial charge in [-0.25, -0.2) is 0 Å². The predicted molar refractivity (Wildman–Crippen MR) is 94.6 cm³/mol. The Bertz CT molecular complexity index is 763. The van der Waals surface area contributed by atoms with Crippen LogP contribution in [0.15, 0.2) is 36.7 Å². The Morgan fingerprint density at radius 3 is 2.76 bits per heavy atom. The standard InChI is InChI=1S/C19H25N3O3/c1-19(2,3)22-11-14(10-20-22)18(24)21-12-15(23)9-17(21)13-6-5-7-16(8-13)25-4/h5-8,10-11,15,17,23H,9,12H2,1-4H3/t15-,17+/m1/s1. The molecule has 0 bridgehead atoms. The number of benzene rings is 1. The lowest BCUT2D eigenvalue weighted by molar-refractivity contribution is 0.0715. The number of aliphatic hydroxyl groups is 1. The monoisotopic (exact) mass is 343 g/mol. The number of β-amino-alcohol motifs (C(OH)–C–C–N with tert-alkyl or cyclic N) is 1. The van der Waals surface area contributed by atoms with E-state index in [2.05, 4.69) is 5.10 Å². The topological polar surface area (TPSA) is 67.6 Å². The lowest BCUT2D eigenvalue weighted by Crippen LogP contribution is -2.31. The zero-order valence-corrected chi connectivity index (χ0v) is 15.1. The Hall–Kier alpha value is -2.34. The molecular weight excluding hydrogens is 318 g/mol. The van der Waals surface area contributed by atoms with Crippen LogP contribution < -0.4 is 4.74 Å². The van der Waals surface area contributed by atoms with E-state index < -0.39 is 6.10 Å². The maximum atomic E-state index is 13.0. The minimum absolute atomic E-state index is 0.111. The fourth-order valence-electron chi connectivity index (χ4n) is 3.17. The molecule has 2 heterocycles. The normalized spacial score (nSPS) is 20.8. The molecule has 1 aromatic heterocycles. The highest BCUT2D eigenvalue weighted by molar-refractivity contribution is 5.94. The van der Waals surface area contributed by atoms with Crippen LogP contribution in [0.3, 0.4) is 0 Å². The molecule has 0 radical (unpaired) electrons. The highest BCUT2D eigenvalue weighted by atomic mass is 16.5. The highest BCUT2D eigenvalue weighted by Crippen LogP contribution is 2.34. The summed E-state index contributed by atoms with van der Waals surface area (Å²) < 4.78 is 7.07. The molecule has 1 aliphatic rings. The molecule has 2 aromatic rings. The minimum atomic E-state index is -0.530. The van der Waals surface area contributed by atoms with E-state index in [9.17, 15) is 9.90 Å². The summed E-state index contributed by atoms with van der Waals surface area (Å²) in [5.74, 6) is 0.631. The first-order valence-electron chi connectivity index (χ1n) is 8.47. The van der Waals surface area contributed by atoms with Crippen molar-refractivity contribution in [1.29, 1.82) is 0 Å². The maximum Gasteiger partial charge on any atom is 0.257 e. The number of aliphatic hydroxyl groups excluding tert-OH is 1. The van der Waals surface area contributed by atoms with Crippen LogP contribution in [0.5, 0.6) is 5.75 Å². The quantitative estimate of drug-likeness (QED) is 0.930. The summed E-state index contributed by atoms with van der Waals surface area (Å²) in [7, 11) is 1.62. The lowest BCUT2D eigenvalue weighted by Gasteiger charge is -2.24. The summed E-state index contributed by atoms with van der Waals surface area (Å²) in [5, 5.41) is 14.5. The van der Waals surface area contributed by atoms with Gasteiger partial charge in [0.15, 0.2) is 0 Å². The van der Waals surface area contributed by atoms with Gasteiger partial charge >= 0.3 is 0 Å². The van der Waals surface area contributed by atoms with Gasteiger partial charge in [-0.05, 0) is 44.9 Å². The van der Waals surface area contributed by atoms with Gasteiger partial charge in [0.2, 0.25) is 0 Å². The second-order valence-electron chi connectivity index (χ2n) is 7.48. The smallest absolute Gasteiger partial charge is 0.257 e. The van der Waals surface area contributed by atoms with Gasteiger partial charge in [0.1, 0.15) is 5.75 Å². The third kappa shape index (κ3) is 3.54. The molecule has 3 rings (SSSR count). The van der Waals surface area contributed by atoms with Crippen LogP contribution >= 0.6 is 0 Å². The number of rotatable bonds is 3. The van der Waals surface area contributed by atoms with Gasteiger partial charge in [0.05, 0.1) is 36.6 Å². The molecule has 1 N–H and O–H groups in total. The average Bonchev–Trinajstić information content (AvgIpc) is 3.21. The number of hydrogen-bond donors (Lipinski definition) is 1. The Balaban J connectivity index is 1.88. The third-order valence-corrected chi connectivity index (χ3v) is 4.54. The van der Waals surface area contributed by atoms with Gasteiger partial charge in [0.25, 0.3) is 5.91 Å². The van der Waals surface area contributed by atoms with E-state index in [1.54, 1.807) is 29.1 Å². The predicted octanol–water partition coefficient (Wildman–Crippen LogP) is 2.59. The number of likely N-dealkylation sites (tertiary alicyclic amines) is 1. The summed E-state index contributed by atoms with van der Waals surface area (Å²) >= 11 is 0. The SMILES string of the molecule is COc1cccc([C@@H]2C[C@@H](O)CN2C(=O)c2cnn(C(C)(C)C)c2)c1. The molecule has 1 amide bonds. The van der Waals surface area contributed by atoms with E-state index in [1.165, 1.54) is 0 Å². The van der Waals surface area contributed by atoms with Crippen LogP contribution in [0.1, 0.15) is 49.2 Å². The fraction of sp³-hybridized carbons (Fsp3) is 0.474. The number of carbonyl (C=O) groups is 1. The number of nitrogens with zero attached hydrogens (tertiary/aromatic N) is 3. The van der Waals surface area contributed by atoms with Crippen molar-refractivity contribution in [3.05, 3.63) is 47.8 Å². The summed E-state index contributed by atoms with van der Waals surface area (Å²) in [5.41, 5.74) is 1.32. The van der Waals surface area contributed by atoms with E-state index in [1.807, 2.05) is 45.0 Å². The van der Waals surface area contributed by atoms with E-state index in [0.29, 0.717) is 18.5 Å². The van der Waals surface area contributed by atoms with Crippen LogP contribution in [-0.4, -0.2) is 45.5 Å². The molecule has 0 spiro atoms. The first-order chi connectivity index (χ1) is 11.8. The van der Waals surface area contributed by atoms with Gasteiger partial charge in [0, 0.05) is 12.7 Å². The molecule has 1 aliphatic heterocycles. The first-order valence-corrected chi connectivity index (χ1v) is 8.47. The Morgan fingerprint density at radius 1 is 1.36 bits per heavy atom. The van der Waals surface area contributed by atoms with Gasteiger partial charge in [-0.1, -0.05) is 12.1 Å². The first kappa shape index (κ1) is 17.5. The Labute approximate surface area is 148 Å². The zero-order chi connectivity index (χ0) is 18.2. The number of hydrogen-bond acceptors (Lipinski definition) is 4. The van der Waals surface area contributed by atoms with Crippen LogP contribution in [0, 0.1) is 0 Å². The molecule has 1 aromatic carbocycles. The van der Waals surface area contributed by atoms with E-state index >= 15 is 0 Å². The second-order valence-corrected chi connectivity index (χ2v) is 7.48. The number of methoxy groups -OCH3 is 1. The molecular formula is C19H25N3O3. The molecule has 2 atom stereocenters. The van der Waals surface area contributed by atoms with Crippen LogP contribution in [0.25, 0.3) is 0 Å².